The van der Waals surface area contributed by atoms with Gasteiger partial charge in [0.25, 0.3) is 5.91 Å². The molecule has 0 aliphatic carbocycles. The maximum atomic E-state index is 12.8. The zero-order chi connectivity index (χ0) is 20.0. The maximum absolute atomic E-state index is 12.8. The average molecular weight is 384 g/mol. The van der Waals surface area contributed by atoms with E-state index in [1.54, 1.807) is 19.1 Å². The van der Waals surface area contributed by atoms with Gasteiger partial charge in [0, 0.05) is 11.1 Å². The van der Waals surface area contributed by atoms with Crippen molar-refractivity contribution in [1.29, 1.82) is 0 Å². The summed E-state index contributed by atoms with van der Waals surface area (Å²) in [4.78, 5) is 24.4. The van der Waals surface area contributed by atoms with Crippen LogP contribution < -0.4 is 5.01 Å². The Balaban J connectivity index is 1.43. The number of anilines is 1. The summed E-state index contributed by atoms with van der Waals surface area (Å²) >= 11 is 0. The fourth-order valence-electron chi connectivity index (χ4n) is 3.44. The van der Waals surface area contributed by atoms with E-state index in [0.29, 0.717) is 28.4 Å². The summed E-state index contributed by atoms with van der Waals surface area (Å²) < 4.78 is 11.0. The van der Waals surface area contributed by atoms with E-state index < -0.39 is 0 Å². The number of hydrogen-bond donors (Lipinski definition) is 0. The minimum atomic E-state index is -0.297. The summed E-state index contributed by atoms with van der Waals surface area (Å²) in [6.45, 7) is 2.08. The number of carbonyl (C=O) groups excluding carboxylic acids is 2. The molecule has 142 valence electrons. The fourth-order valence-corrected chi connectivity index (χ4v) is 3.44. The highest BCUT2D eigenvalue weighted by atomic mass is 16.5. The van der Waals surface area contributed by atoms with Crippen LogP contribution in [0, 0.1) is 0 Å². The second-order valence-electron chi connectivity index (χ2n) is 6.85. The Kier molecular flexibility index (Phi) is 3.91. The van der Waals surface area contributed by atoms with Crippen LogP contribution in [0.15, 0.2) is 75.8 Å². The number of cyclic esters (lactones) is 1. The minimum absolute atomic E-state index is 0.195. The standard InChI is InChI=1S/C23H16N2O4/c1-14-20(22(26)25(24-14)17-5-3-2-4-6-17)12-18-8-10-21(29-18)15-7-9-19-16(11-15)13-28-23(19)27/h2-12H,13H2,1H3. The van der Waals surface area contributed by atoms with E-state index in [1.165, 1.54) is 5.01 Å². The Bertz CT molecular complexity index is 1200. The summed E-state index contributed by atoms with van der Waals surface area (Å²) in [5.41, 5.74) is 4.12. The minimum Gasteiger partial charge on any atom is -0.457 e. The molecule has 0 bridgehead atoms. The first-order valence-corrected chi connectivity index (χ1v) is 9.17. The lowest BCUT2D eigenvalue weighted by Gasteiger charge is -2.10. The number of esters is 1. The molecule has 2 aromatic carbocycles. The molecule has 1 amide bonds. The molecular weight excluding hydrogens is 368 g/mol. The Labute approximate surface area is 166 Å². The number of carbonyl (C=O) groups is 2. The first kappa shape index (κ1) is 17.2. The Morgan fingerprint density at radius 3 is 2.69 bits per heavy atom. The highest BCUT2D eigenvalue weighted by molar-refractivity contribution is 6.32. The van der Waals surface area contributed by atoms with E-state index in [2.05, 4.69) is 5.10 Å². The lowest BCUT2D eigenvalue weighted by Crippen LogP contribution is -2.21. The number of fused-ring (bicyclic) bond motifs is 1. The number of para-hydroxylation sites is 1. The van der Waals surface area contributed by atoms with Gasteiger partial charge >= 0.3 is 5.97 Å². The van der Waals surface area contributed by atoms with Crippen molar-refractivity contribution in [3.8, 4) is 11.3 Å². The second kappa shape index (κ2) is 6.60. The molecule has 0 radical (unpaired) electrons. The SMILES string of the molecule is CC1=NN(c2ccccc2)C(=O)C1=Cc1ccc(-c2ccc3c(c2)COC3=O)o1. The summed E-state index contributed by atoms with van der Waals surface area (Å²) in [6, 6.07) is 18.4. The van der Waals surface area contributed by atoms with E-state index in [4.69, 9.17) is 9.15 Å². The Morgan fingerprint density at radius 1 is 1.03 bits per heavy atom. The quantitative estimate of drug-likeness (QED) is 0.495. The predicted octanol–water partition coefficient (Wildman–Crippen LogP) is 4.42. The molecule has 6 nitrogen and oxygen atoms in total. The van der Waals surface area contributed by atoms with Crippen LogP contribution >= 0.6 is 0 Å². The van der Waals surface area contributed by atoms with E-state index in [-0.39, 0.29) is 18.5 Å². The first-order chi connectivity index (χ1) is 14.1. The van der Waals surface area contributed by atoms with Gasteiger partial charge in [-0.05, 0) is 49.4 Å². The van der Waals surface area contributed by atoms with Crippen molar-refractivity contribution < 1.29 is 18.7 Å². The number of amides is 1. The molecule has 29 heavy (non-hydrogen) atoms. The van der Waals surface area contributed by atoms with Crippen molar-refractivity contribution in [2.24, 2.45) is 5.10 Å². The van der Waals surface area contributed by atoms with E-state index in [1.807, 2.05) is 54.6 Å². The third-order valence-corrected chi connectivity index (χ3v) is 4.95. The number of nitrogens with zero attached hydrogens (tertiary/aromatic N) is 2. The third kappa shape index (κ3) is 2.95. The van der Waals surface area contributed by atoms with Gasteiger partial charge in [0.15, 0.2) is 0 Å². The number of hydrogen-bond acceptors (Lipinski definition) is 5. The molecule has 0 atom stereocenters. The van der Waals surface area contributed by atoms with Gasteiger partial charge in [-0.2, -0.15) is 10.1 Å². The predicted molar refractivity (Wildman–Crippen MR) is 108 cm³/mol. The van der Waals surface area contributed by atoms with E-state index >= 15 is 0 Å². The fraction of sp³-hybridized carbons (Fsp3) is 0.0870. The number of rotatable bonds is 3. The molecular formula is C23H16N2O4. The van der Waals surface area contributed by atoms with Gasteiger partial charge in [0.05, 0.1) is 22.5 Å². The third-order valence-electron chi connectivity index (χ3n) is 4.95. The molecule has 3 aromatic rings. The van der Waals surface area contributed by atoms with Crippen molar-refractivity contribution in [3.63, 3.8) is 0 Å². The summed E-state index contributed by atoms with van der Waals surface area (Å²) in [5.74, 6) is 0.716. The van der Waals surface area contributed by atoms with E-state index in [0.717, 1.165) is 16.8 Å². The monoisotopic (exact) mass is 384 g/mol. The van der Waals surface area contributed by atoms with Crippen molar-refractivity contribution >= 4 is 29.4 Å². The zero-order valence-electron chi connectivity index (χ0n) is 15.6. The molecule has 0 saturated heterocycles. The molecule has 0 fully saturated rings. The molecule has 1 aromatic heterocycles. The number of furan rings is 1. The van der Waals surface area contributed by atoms with Crippen LogP contribution in [0.1, 0.15) is 28.6 Å². The molecule has 0 unspecified atom stereocenters. The molecule has 2 aliphatic heterocycles. The largest absolute Gasteiger partial charge is 0.457 e. The average Bonchev–Trinajstić information content (AvgIpc) is 3.43. The number of hydrazone groups is 1. The molecule has 0 spiro atoms. The van der Waals surface area contributed by atoms with Gasteiger partial charge in [-0.1, -0.05) is 24.3 Å². The van der Waals surface area contributed by atoms with Crippen molar-refractivity contribution in [3.05, 3.63) is 83.1 Å². The van der Waals surface area contributed by atoms with Crippen LogP contribution in [-0.2, 0) is 16.1 Å². The normalized spacial score (nSPS) is 16.9. The lowest BCUT2D eigenvalue weighted by molar-refractivity contribution is -0.114. The molecule has 5 rings (SSSR count). The summed E-state index contributed by atoms with van der Waals surface area (Å²) in [6.07, 6.45) is 1.70. The van der Waals surface area contributed by atoms with E-state index in [9.17, 15) is 9.59 Å². The second-order valence-corrected chi connectivity index (χ2v) is 6.85. The van der Waals surface area contributed by atoms with Crippen LogP contribution in [-0.4, -0.2) is 17.6 Å². The highest BCUT2D eigenvalue weighted by Crippen LogP contribution is 2.30. The molecule has 2 aliphatic rings. The van der Waals surface area contributed by atoms with Crippen molar-refractivity contribution in [2.75, 3.05) is 5.01 Å². The summed E-state index contributed by atoms with van der Waals surface area (Å²) in [7, 11) is 0. The molecule has 0 saturated carbocycles. The smallest absolute Gasteiger partial charge is 0.338 e. The van der Waals surface area contributed by atoms with Gasteiger partial charge in [-0.3, -0.25) is 4.79 Å². The highest BCUT2D eigenvalue weighted by Gasteiger charge is 2.29. The molecule has 6 heteroatoms. The lowest BCUT2D eigenvalue weighted by atomic mass is 10.0. The molecule has 3 heterocycles. The first-order valence-electron chi connectivity index (χ1n) is 9.17. The van der Waals surface area contributed by atoms with Crippen LogP contribution in [0.25, 0.3) is 17.4 Å². The topological polar surface area (TPSA) is 72.1 Å². The number of benzene rings is 2. The van der Waals surface area contributed by atoms with Gasteiger partial charge in [0.2, 0.25) is 0 Å². The van der Waals surface area contributed by atoms with Crippen molar-refractivity contribution in [1.82, 2.24) is 0 Å². The molecule has 0 N–H and O–H groups in total. The summed E-state index contributed by atoms with van der Waals surface area (Å²) in [5, 5.41) is 5.76. The van der Waals surface area contributed by atoms with Crippen LogP contribution in [0.4, 0.5) is 5.69 Å². The van der Waals surface area contributed by atoms with Gasteiger partial charge < -0.3 is 9.15 Å². The number of ether oxygens (including phenoxy) is 1. The van der Waals surface area contributed by atoms with Crippen LogP contribution in [0.2, 0.25) is 0 Å². The van der Waals surface area contributed by atoms with Crippen molar-refractivity contribution in [2.45, 2.75) is 13.5 Å². The van der Waals surface area contributed by atoms with Gasteiger partial charge in [-0.25, -0.2) is 4.79 Å². The Morgan fingerprint density at radius 2 is 1.86 bits per heavy atom. The zero-order valence-corrected chi connectivity index (χ0v) is 15.6. The van der Waals surface area contributed by atoms with Crippen LogP contribution in [0.3, 0.4) is 0 Å². The Hall–Kier alpha value is -3.93. The van der Waals surface area contributed by atoms with Gasteiger partial charge in [-0.15, -0.1) is 0 Å². The van der Waals surface area contributed by atoms with Crippen LogP contribution in [0.5, 0.6) is 0 Å². The maximum Gasteiger partial charge on any atom is 0.338 e. The van der Waals surface area contributed by atoms with Gasteiger partial charge in [0.1, 0.15) is 18.1 Å².